The molecule has 11 heteroatoms. The van der Waals surface area contributed by atoms with Crippen LogP contribution in [-0.4, -0.2) is 56.9 Å². The summed E-state index contributed by atoms with van der Waals surface area (Å²) in [5.74, 6) is -1.29. The Morgan fingerprint density at radius 1 is 1.19 bits per heavy atom. The number of halogens is 1. The molecule has 2 aromatic carbocycles. The maximum absolute atomic E-state index is 12.5. The van der Waals surface area contributed by atoms with Crippen LogP contribution in [0.5, 0.6) is 11.5 Å². The van der Waals surface area contributed by atoms with Gasteiger partial charge in [0.1, 0.15) is 0 Å². The van der Waals surface area contributed by atoms with Crippen molar-refractivity contribution in [2.24, 2.45) is 5.10 Å². The van der Waals surface area contributed by atoms with Gasteiger partial charge in [-0.15, -0.1) is 0 Å². The summed E-state index contributed by atoms with van der Waals surface area (Å²) >= 11 is 3.41. The van der Waals surface area contributed by atoms with Gasteiger partial charge >= 0.3 is 11.8 Å². The lowest BCUT2D eigenvalue weighted by molar-refractivity contribution is -0.139. The summed E-state index contributed by atoms with van der Waals surface area (Å²) < 4.78 is 17.0. The van der Waals surface area contributed by atoms with Crippen molar-refractivity contribution in [3.05, 3.63) is 51.5 Å². The summed E-state index contributed by atoms with van der Waals surface area (Å²) in [5.41, 5.74) is 5.42. The number of hydrogen-bond donors (Lipinski definition) is 3. The average Bonchev–Trinajstić information content (AvgIpc) is 3.37. The SMILES string of the molecule is COc1cc(/C=N\NC(=O)C(=O)NC[C@H]2CCCO2)cc(Br)c1OCC(=O)Nc1c(C)cccc1C. The number of nitrogens with zero attached hydrogens (tertiary/aromatic N) is 1. The summed E-state index contributed by atoms with van der Waals surface area (Å²) in [6.07, 6.45) is 3.09. The molecule has 3 N–H and O–H groups in total. The minimum Gasteiger partial charge on any atom is -0.493 e. The number of para-hydroxylation sites is 1. The highest BCUT2D eigenvalue weighted by Gasteiger charge is 2.19. The molecule has 1 aliphatic heterocycles. The first-order valence-corrected chi connectivity index (χ1v) is 12.2. The number of methoxy groups -OCH3 is 1. The van der Waals surface area contributed by atoms with Gasteiger partial charge in [0.05, 0.1) is 23.9 Å². The van der Waals surface area contributed by atoms with Crippen LogP contribution in [0.2, 0.25) is 0 Å². The van der Waals surface area contributed by atoms with Gasteiger partial charge in [0, 0.05) is 18.8 Å². The standard InChI is InChI=1S/C25H29BrN4O6/c1-15-6-4-7-16(2)22(15)29-21(31)14-36-23-19(26)10-17(11-20(23)34-3)12-28-30-25(33)24(32)27-13-18-8-5-9-35-18/h4,6-7,10-12,18H,5,8-9,13-14H2,1-3H3,(H,27,32)(H,29,31)(H,30,33)/b28-12-/t18-/m1/s1. The molecule has 1 atom stereocenters. The van der Waals surface area contributed by atoms with Crippen LogP contribution in [0.15, 0.2) is 39.9 Å². The number of amides is 3. The first-order valence-electron chi connectivity index (χ1n) is 11.4. The highest BCUT2D eigenvalue weighted by Crippen LogP contribution is 2.36. The summed E-state index contributed by atoms with van der Waals surface area (Å²) in [4.78, 5) is 36.3. The molecule has 1 aliphatic rings. The van der Waals surface area contributed by atoms with E-state index in [1.54, 1.807) is 12.1 Å². The van der Waals surface area contributed by atoms with Gasteiger partial charge in [-0.05, 0) is 71.4 Å². The molecular formula is C25H29BrN4O6. The molecule has 1 saturated heterocycles. The number of nitrogens with one attached hydrogen (secondary N) is 3. The van der Waals surface area contributed by atoms with Gasteiger partial charge in [-0.3, -0.25) is 14.4 Å². The zero-order valence-electron chi connectivity index (χ0n) is 20.4. The van der Waals surface area contributed by atoms with E-state index in [1.165, 1.54) is 13.3 Å². The zero-order chi connectivity index (χ0) is 26.1. The molecule has 3 rings (SSSR count). The fourth-order valence-electron chi connectivity index (χ4n) is 3.59. The van der Waals surface area contributed by atoms with Crippen molar-refractivity contribution in [2.45, 2.75) is 32.8 Å². The Hall–Kier alpha value is -3.44. The summed E-state index contributed by atoms with van der Waals surface area (Å²) in [6.45, 7) is 4.56. The van der Waals surface area contributed by atoms with Crippen molar-refractivity contribution >= 4 is 45.6 Å². The lowest BCUT2D eigenvalue weighted by Gasteiger charge is -2.15. The van der Waals surface area contributed by atoms with Gasteiger partial charge in [0.15, 0.2) is 18.1 Å². The van der Waals surface area contributed by atoms with Crippen LogP contribution >= 0.6 is 15.9 Å². The van der Waals surface area contributed by atoms with E-state index in [9.17, 15) is 14.4 Å². The van der Waals surface area contributed by atoms with Gasteiger partial charge in [0.2, 0.25) is 0 Å². The zero-order valence-corrected chi connectivity index (χ0v) is 21.9. The molecule has 3 amide bonds. The average molecular weight is 561 g/mol. The van der Waals surface area contributed by atoms with Crippen LogP contribution in [0.25, 0.3) is 0 Å². The number of ether oxygens (including phenoxy) is 3. The van der Waals surface area contributed by atoms with Gasteiger partial charge in [0.25, 0.3) is 5.91 Å². The summed E-state index contributed by atoms with van der Waals surface area (Å²) in [5, 5.41) is 9.22. The summed E-state index contributed by atoms with van der Waals surface area (Å²) in [6, 6.07) is 9.06. The van der Waals surface area contributed by atoms with E-state index in [-0.39, 0.29) is 25.2 Å². The fraction of sp³-hybridized carbons (Fsp3) is 0.360. The van der Waals surface area contributed by atoms with Gasteiger partial charge in [-0.2, -0.15) is 5.10 Å². The van der Waals surface area contributed by atoms with E-state index in [1.807, 2.05) is 32.0 Å². The molecule has 36 heavy (non-hydrogen) atoms. The van der Waals surface area contributed by atoms with Crippen molar-refractivity contribution in [1.82, 2.24) is 10.7 Å². The fourth-order valence-corrected chi connectivity index (χ4v) is 4.16. The third-order valence-electron chi connectivity index (χ3n) is 5.45. The van der Waals surface area contributed by atoms with Crippen LogP contribution in [0.3, 0.4) is 0 Å². The van der Waals surface area contributed by atoms with Gasteiger partial charge in [-0.1, -0.05) is 18.2 Å². The third kappa shape index (κ3) is 7.53. The first-order chi connectivity index (χ1) is 17.3. The highest BCUT2D eigenvalue weighted by molar-refractivity contribution is 9.10. The van der Waals surface area contributed by atoms with E-state index in [0.29, 0.717) is 28.1 Å². The molecule has 0 saturated carbocycles. The van der Waals surface area contributed by atoms with Crippen LogP contribution in [0.1, 0.15) is 29.5 Å². The maximum atomic E-state index is 12.5. The van der Waals surface area contributed by atoms with E-state index < -0.39 is 11.8 Å². The Bertz CT molecular complexity index is 1130. The second kappa shape index (κ2) is 13.0. The number of aryl methyl sites for hydroxylation is 2. The van der Waals surface area contributed by atoms with Crippen LogP contribution in [0.4, 0.5) is 5.69 Å². The minimum absolute atomic E-state index is 0.0616. The smallest absolute Gasteiger partial charge is 0.329 e. The number of carbonyl (C=O) groups excluding carboxylic acids is 3. The quantitative estimate of drug-likeness (QED) is 0.246. The summed E-state index contributed by atoms with van der Waals surface area (Å²) in [7, 11) is 1.46. The molecule has 0 unspecified atom stereocenters. The van der Waals surface area contributed by atoms with Gasteiger partial charge < -0.3 is 24.8 Å². The first kappa shape index (κ1) is 27.2. The molecular weight excluding hydrogens is 532 g/mol. The molecule has 0 aliphatic carbocycles. The van der Waals surface area contributed by atoms with Crippen LogP contribution in [0, 0.1) is 13.8 Å². The molecule has 10 nitrogen and oxygen atoms in total. The predicted octanol–water partition coefficient (Wildman–Crippen LogP) is 2.84. The molecule has 1 heterocycles. The Balaban J connectivity index is 1.55. The molecule has 0 radical (unpaired) electrons. The lowest BCUT2D eigenvalue weighted by atomic mass is 10.1. The lowest BCUT2D eigenvalue weighted by Crippen LogP contribution is -2.41. The van der Waals surface area contributed by atoms with E-state index in [2.05, 4.69) is 37.1 Å². The number of carbonyl (C=O) groups is 3. The Morgan fingerprint density at radius 2 is 1.94 bits per heavy atom. The number of benzene rings is 2. The number of hydrogen-bond acceptors (Lipinski definition) is 7. The van der Waals surface area contributed by atoms with Crippen molar-refractivity contribution in [1.29, 1.82) is 0 Å². The predicted molar refractivity (Wildman–Crippen MR) is 138 cm³/mol. The Kier molecular flexibility index (Phi) is 9.83. The van der Waals surface area contributed by atoms with E-state index >= 15 is 0 Å². The number of rotatable bonds is 9. The number of hydrazone groups is 1. The van der Waals surface area contributed by atoms with Crippen molar-refractivity contribution in [2.75, 3.05) is 32.2 Å². The molecule has 0 spiro atoms. The second-order valence-electron chi connectivity index (χ2n) is 8.18. The van der Waals surface area contributed by atoms with Crippen molar-refractivity contribution < 1.29 is 28.6 Å². The van der Waals surface area contributed by atoms with Crippen molar-refractivity contribution in [3.63, 3.8) is 0 Å². The molecule has 192 valence electrons. The van der Waals surface area contributed by atoms with Crippen LogP contribution < -0.4 is 25.5 Å². The molecule has 1 fully saturated rings. The largest absolute Gasteiger partial charge is 0.493 e. The van der Waals surface area contributed by atoms with Crippen molar-refractivity contribution in [3.8, 4) is 11.5 Å². The normalized spacial score (nSPS) is 14.9. The van der Waals surface area contributed by atoms with E-state index in [4.69, 9.17) is 14.2 Å². The molecule has 2 aromatic rings. The maximum Gasteiger partial charge on any atom is 0.329 e. The molecule has 0 bridgehead atoms. The van der Waals surface area contributed by atoms with Crippen LogP contribution in [-0.2, 0) is 19.1 Å². The second-order valence-corrected chi connectivity index (χ2v) is 9.04. The third-order valence-corrected chi connectivity index (χ3v) is 6.03. The molecule has 0 aromatic heterocycles. The highest BCUT2D eigenvalue weighted by atomic mass is 79.9. The number of anilines is 1. The Labute approximate surface area is 217 Å². The monoisotopic (exact) mass is 560 g/mol. The van der Waals surface area contributed by atoms with Gasteiger partial charge in [-0.25, -0.2) is 5.43 Å². The minimum atomic E-state index is -0.884. The van der Waals surface area contributed by atoms with E-state index in [0.717, 1.165) is 29.7 Å². The topological polar surface area (TPSA) is 127 Å². The Morgan fingerprint density at radius 3 is 2.61 bits per heavy atom.